The fraction of sp³-hybridized carbons (Fsp3) is 0.0714. The van der Waals surface area contributed by atoms with Crippen molar-refractivity contribution in [3.63, 3.8) is 0 Å². The van der Waals surface area contributed by atoms with Gasteiger partial charge < -0.3 is 14.2 Å². The van der Waals surface area contributed by atoms with E-state index in [9.17, 15) is 4.79 Å². The van der Waals surface area contributed by atoms with E-state index in [2.05, 4.69) is 21.2 Å². The summed E-state index contributed by atoms with van der Waals surface area (Å²) in [4.78, 5) is 11.8. The van der Waals surface area contributed by atoms with Crippen LogP contribution in [0.25, 0.3) is 11.0 Å². The first-order valence-electron chi connectivity index (χ1n) is 5.73. The van der Waals surface area contributed by atoms with Gasteiger partial charge in [-0.15, -0.1) is 0 Å². The summed E-state index contributed by atoms with van der Waals surface area (Å²) in [6.07, 6.45) is 0. The lowest BCUT2D eigenvalue weighted by Crippen LogP contribution is -2.21. The monoisotopic (exact) mass is 319 g/mol. The first-order chi connectivity index (χ1) is 9.22. The maximum atomic E-state index is 11.8. The molecule has 1 amide bonds. The number of halogens is 1. The van der Waals surface area contributed by atoms with Gasteiger partial charge in [-0.05, 0) is 40.2 Å². The highest BCUT2D eigenvalue weighted by Gasteiger charge is 2.11. The van der Waals surface area contributed by atoms with Gasteiger partial charge in [-0.1, -0.05) is 18.2 Å². The maximum Gasteiger partial charge on any atom is 0.287 e. The summed E-state index contributed by atoms with van der Waals surface area (Å²) in [6.45, 7) is 0.325. The van der Waals surface area contributed by atoms with E-state index in [1.165, 1.54) is 0 Å². The SMILES string of the molecule is O=C(NCc1cc2ccccc2o1)c1ccc(Br)o1. The fourth-order valence-corrected chi connectivity index (χ4v) is 2.12. The van der Waals surface area contributed by atoms with Crippen LogP contribution in [0.1, 0.15) is 16.3 Å². The van der Waals surface area contributed by atoms with Gasteiger partial charge in [0.2, 0.25) is 0 Å². The topological polar surface area (TPSA) is 55.4 Å². The molecule has 0 fully saturated rings. The third kappa shape index (κ3) is 2.56. The van der Waals surface area contributed by atoms with Crippen molar-refractivity contribution in [3.05, 3.63) is 58.7 Å². The van der Waals surface area contributed by atoms with Crippen LogP contribution in [0.4, 0.5) is 0 Å². The van der Waals surface area contributed by atoms with E-state index in [0.717, 1.165) is 11.0 Å². The molecule has 1 N–H and O–H groups in total. The molecular formula is C14H10BrNO3. The lowest BCUT2D eigenvalue weighted by molar-refractivity contribution is 0.0919. The molecule has 3 rings (SSSR count). The van der Waals surface area contributed by atoms with Gasteiger partial charge in [0.05, 0.1) is 6.54 Å². The van der Waals surface area contributed by atoms with Crippen molar-refractivity contribution in [3.8, 4) is 0 Å². The number of benzene rings is 1. The number of amides is 1. The highest BCUT2D eigenvalue weighted by molar-refractivity contribution is 9.10. The first kappa shape index (κ1) is 12.0. The Morgan fingerprint density at radius 2 is 2.00 bits per heavy atom. The zero-order valence-corrected chi connectivity index (χ0v) is 11.4. The van der Waals surface area contributed by atoms with Crippen molar-refractivity contribution >= 4 is 32.8 Å². The average Bonchev–Trinajstić information content (AvgIpc) is 3.01. The zero-order valence-electron chi connectivity index (χ0n) is 9.85. The Labute approximate surface area is 117 Å². The summed E-state index contributed by atoms with van der Waals surface area (Å²) < 4.78 is 11.3. The Balaban J connectivity index is 1.70. The number of furan rings is 2. The number of carbonyl (C=O) groups is 1. The van der Waals surface area contributed by atoms with Gasteiger partial charge in [-0.3, -0.25) is 4.79 Å². The van der Waals surface area contributed by atoms with Crippen LogP contribution in [-0.4, -0.2) is 5.91 Å². The standard InChI is InChI=1S/C14H10BrNO3/c15-13-6-5-12(19-13)14(17)16-8-10-7-9-3-1-2-4-11(9)18-10/h1-7H,8H2,(H,16,17). The molecule has 0 radical (unpaired) electrons. The van der Waals surface area contributed by atoms with Crippen LogP contribution >= 0.6 is 15.9 Å². The van der Waals surface area contributed by atoms with Crippen LogP contribution in [-0.2, 0) is 6.54 Å². The van der Waals surface area contributed by atoms with Crippen LogP contribution in [0.3, 0.4) is 0 Å². The van der Waals surface area contributed by atoms with Crippen molar-refractivity contribution in [2.45, 2.75) is 6.54 Å². The highest BCUT2D eigenvalue weighted by atomic mass is 79.9. The highest BCUT2D eigenvalue weighted by Crippen LogP contribution is 2.19. The van der Waals surface area contributed by atoms with E-state index in [0.29, 0.717) is 17.0 Å². The number of fused-ring (bicyclic) bond motifs is 1. The normalized spacial score (nSPS) is 10.8. The molecule has 0 aliphatic heterocycles. The average molecular weight is 320 g/mol. The molecule has 0 aliphatic rings. The molecule has 5 heteroatoms. The molecule has 0 bridgehead atoms. The van der Waals surface area contributed by atoms with Crippen molar-refractivity contribution in [2.24, 2.45) is 0 Å². The van der Waals surface area contributed by atoms with E-state index in [4.69, 9.17) is 8.83 Å². The maximum absolute atomic E-state index is 11.8. The molecule has 0 aliphatic carbocycles. The van der Waals surface area contributed by atoms with Gasteiger partial charge >= 0.3 is 0 Å². The van der Waals surface area contributed by atoms with Gasteiger partial charge in [-0.2, -0.15) is 0 Å². The van der Waals surface area contributed by atoms with Gasteiger partial charge in [0.15, 0.2) is 10.4 Å². The molecule has 1 aromatic carbocycles. The molecule has 2 heterocycles. The quantitative estimate of drug-likeness (QED) is 0.800. The molecule has 2 aromatic heterocycles. The molecule has 0 saturated heterocycles. The van der Waals surface area contributed by atoms with Crippen molar-refractivity contribution in [1.29, 1.82) is 0 Å². The molecule has 96 valence electrons. The van der Waals surface area contributed by atoms with Crippen LogP contribution in [0.2, 0.25) is 0 Å². The number of hydrogen-bond acceptors (Lipinski definition) is 3. The Morgan fingerprint density at radius 3 is 2.74 bits per heavy atom. The number of hydrogen-bond donors (Lipinski definition) is 1. The van der Waals surface area contributed by atoms with E-state index in [1.807, 2.05) is 30.3 Å². The van der Waals surface area contributed by atoms with Gasteiger partial charge in [0, 0.05) is 5.39 Å². The smallest absolute Gasteiger partial charge is 0.287 e. The van der Waals surface area contributed by atoms with E-state index < -0.39 is 0 Å². The Morgan fingerprint density at radius 1 is 1.16 bits per heavy atom. The third-order valence-electron chi connectivity index (χ3n) is 2.70. The Bertz CT molecular complexity index is 696. The zero-order chi connectivity index (χ0) is 13.2. The van der Waals surface area contributed by atoms with Gasteiger partial charge in [0.1, 0.15) is 11.3 Å². The Kier molecular flexibility index (Phi) is 3.13. The molecule has 0 unspecified atom stereocenters. The third-order valence-corrected chi connectivity index (χ3v) is 3.12. The van der Waals surface area contributed by atoms with Crippen molar-refractivity contribution in [2.75, 3.05) is 0 Å². The summed E-state index contributed by atoms with van der Waals surface area (Å²) in [5.41, 5.74) is 0.812. The summed E-state index contributed by atoms with van der Waals surface area (Å²) in [7, 11) is 0. The summed E-state index contributed by atoms with van der Waals surface area (Å²) >= 11 is 3.15. The van der Waals surface area contributed by atoms with Gasteiger partial charge in [-0.25, -0.2) is 0 Å². The minimum absolute atomic E-state index is 0.267. The molecule has 19 heavy (non-hydrogen) atoms. The summed E-state index contributed by atoms with van der Waals surface area (Å²) in [6, 6.07) is 12.9. The van der Waals surface area contributed by atoms with Crippen LogP contribution < -0.4 is 5.32 Å². The largest absolute Gasteiger partial charge is 0.459 e. The van der Waals surface area contributed by atoms with E-state index >= 15 is 0 Å². The molecule has 0 atom stereocenters. The molecule has 0 spiro atoms. The van der Waals surface area contributed by atoms with Crippen LogP contribution in [0, 0.1) is 0 Å². The second-order valence-electron chi connectivity index (χ2n) is 4.04. The number of nitrogens with one attached hydrogen (secondary N) is 1. The van der Waals surface area contributed by atoms with E-state index in [1.54, 1.807) is 12.1 Å². The van der Waals surface area contributed by atoms with Crippen molar-refractivity contribution in [1.82, 2.24) is 5.32 Å². The number of para-hydroxylation sites is 1. The second-order valence-corrected chi connectivity index (χ2v) is 4.82. The molecular weight excluding hydrogens is 310 g/mol. The first-order valence-corrected chi connectivity index (χ1v) is 6.53. The predicted octanol–water partition coefficient (Wildman–Crippen LogP) is 3.72. The number of rotatable bonds is 3. The van der Waals surface area contributed by atoms with Crippen molar-refractivity contribution < 1.29 is 13.6 Å². The molecule has 4 nitrogen and oxygen atoms in total. The Hall–Kier alpha value is -2.01. The minimum Gasteiger partial charge on any atom is -0.459 e. The number of carbonyl (C=O) groups excluding carboxylic acids is 1. The minimum atomic E-state index is -0.272. The van der Waals surface area contributed by atoms with Crippen LogP contribution in [0.15, 0.2) is 56.0 Å². The molecule has 3 aromatic rings. The second kappa shape index (κ2) is 4.93. The van der Waals surface area contributed by atoms with Gasteiger partial charge in [0.25, 0.3) is 5.91 Å². The summed E-state index contributed by atoms with van der Waals surface area (Å²) in [5.74, 6) is 0.703. The lowest BCUT2D eigenvalue weighted by atomic mass is 10.2. The lowest BCUT2D eigenvalue weighted by Gasteiger charge is -1.99. The predicted molar refractivity (Wildman–Crippen MR) is 73.8 cm³/mol. The fourth-order valence-electron chi connectivity index (χ4n) is 1.81. The molecule has 0 saturated carbocycles. The summed E-state index contributed by atoms with van der Waals surface area (Å²) in [5, 5.41) is 3.76. The van der Waals surface area contributed by atoms with E-state index in [-0.39, 0.29) is 11.7 Å². The van der Waals surface area contributed by atoms with Crippen LogP contribution in [0.5, 0.6) is 0 Å².